The topological polar surface area (TPSA) is 32.3 Å². The van der Waals surface area contributed by atoms with E-state index in [1.165, 1.54) is 0 Å². The number of carbonyl (C=O) groups excluding carboxylic acids is 1. The zero-order chi connectivity index (χ0) is 20.1. The van der Waals surface area contributed by atoms with Crippen LogP contribution in [0.1, 0.15) is 24.1 Å². The third-order valence-corrected chi connectivity index (χ3v) is 5.24. The van der Waals surface area contributed by atoms with Crippen LogP contribution in [0.4, 0.5) is 10.5 Å². The zero-order valence-corrected chi connectivity index (χ0v) is 16.5. The summed E-state index contributed by atoms with van der Waals surface area (Å²) in [7, 11) is 0. The first kappa shape index (κ1) is 18.8. The second kappa shape index (κ2) is 8.61. The Kier molecular flexibility index (Phi) is 5.57. The predicted octanol–water partition coefficient (Wildman–Crippen LogP) is 6.64. The minimum Gasteiger partial charge on any atom is -0.313 e. The first-order chi connectivity index (χ1) is 14.2. The van der Waals surface area contributed by atoms with Crippen molar-refractivity contribution >= 4 is 22.5 Å². The van der Waals surface area contributed by atoms with Crippen molar-refractivity contribution in [2.45, 2.75) is 19.5 Å². The normalized spacial score (nSPS) is 11.8. The predicted molar refractivity (Wildman–Crippen MR) is 120 cm³/mol. The van der Waals surface area contributed by atoms with E-state index in [-0.39, 0.29) is 12.1 Å². The number of fused-ring (bicyclic) bond motifs is 1. The van der Waals surface area contributed by atoms with Crippen LogP contribution in [0.3, 0.4) is 0 Å². The molecule has 4 aromatic carbocycles. The maximum Gasteiger partial charge on any atom is 0.322 e. The molecule has 144 valence electrons. The van der Waals surface area contributed by atoms with E-state index in [0.29, 0.717) is 6.54 Å². The molecular formula is C26H24N2O. The Bertz CT molecular complexity index is 1090. The summed E-state index contributed by atoms with van der Waals surface area (Å²) >= 11 is 0. The molecule has 3 nitrogen and oxygen atoms in total. The zero-order valence-electron chi connectivity index (χ0n) is 16.5. The number of hydrogen-bond acceptors (Lipinski definition) is 1. The van der Waals surface area contributed by atoms with Crippen LogP contribution in [-0.2, 0) is 6.54 Å². The number of anilines is 1. The van der Waals surface area contributed by atoms with E-state index >= 15 is 0 Å². The van der Waals surface area contributed by atoms with Gasteiger partial charge in [0.15, 0.2) is 0 Å². The van der Waals surface area contributed by atoms with Gasteiger partial charge in [0.05, 0.1) is 11.7 Å². The standard InChI is InChI=1S/C26H24N2O/c1-20(22-13-6-3-7-14-22)28(19-21-11-4-2-5-12-21)26(29)27-25-18-10-16-23-15-8-9-17-24(23)25/h2-18,20H,19H2,1H3,(H,27,29). The highest BCUT2D eigenvalue weighted by Crippen LogP contribution is 2.26. The lowest BCUT2D eigenvalue weighted by atomic mass is 10.1. The maximum absolute atomic E-state index is 13.4. The first-order valence-electron chi connectivity index (χ1n) is 9.86. The molecule has 4 aromatic rings. The van der Waals surface area contributed by atoms with E-state index in [9.17, 15) is 4.79 Å². The Labute approximate surface area is 171 Å². The second-order valence-corrected chi connectivity index (χ2v) is 7.16. The summed E-state index contributed by atoms with van der Waals surface area (Å²) in [5, 5.41) is 5.29. The van der Waals surface area contributed by atoms with Gasteiger partial charge in [-0.1, -0.05) is 97.1 Å². The van der Waals surface area contributed by atoms with Gasteiger partial charge in [-0.15, -0.1) is 0 Å². The number of nitrogens with one attached hydrogen (secondary N) is 1. The monoisotopic (exact) mass is 380 g/mol. The van der Waals surface area contributed by atoms with Crippen molar-refractivity contribution in [1.82, 2.24) is 4.90 Å². The molecule has 0 saturated carbocycles. The van der Waals surface area contributed by atoms with Gasteiger partial charge >= 0.3 is 6.03 Å². The molecule has 4 rings (SSSR count). The molecule has 1 N–H and O–H groups in total. The molecule has 0 heterocycles. The molecular weight excluding hydrogens is 356 g/mol. The molecule has 2 amide bonds. The molecule has 29 heavy (non-hydrogen) atoms. The molecule has 1 atom stereocenters. The lowest BCUT2D eigenvalue weighted by molar-refractivity contribution is 0.189. The van der Waals surface area contributed by atoms with E-state index in [1.54, 1.807) is 0 Å². The van der Waals surface area contributed by atoms with Crippen molar-refractivity contribution < 1.29 is 4.79 Å². The van der Waals surface area contributed by atoms with Crippen LogP contribution in [0.5, 0.6) is 0 Å². The molecule has 0 bridgehead atoms. The van der Waals surface area contributed by atoms with Crippen LogP contribution in [0.25, 0.3) is 10.8 Å². The minimum absolute atomic E-state index is 0.0635. The van der Waals surface area contributed by atoms with Gasteiger partial charge in [0.1, 0.15) is 0 Å². The summed E-state index contributed by atoms with van der Waals surface area (Å²) in [6.45, 7) is 2.61. The smallest absolute Gasteiger partial charge is 0.313 e. The third kappa shape index (κ3) is 4.30. The van der Waals surface area contributed by atoms with Gasteiger partial charge in [-0.2, -0.15) is 0 Å². The van der Waals surface area contributed by atoms with E-state index in [2.05, 4.69) is 48.6 Å². The first-order valence-corrected chi connectivity index (χ1v) is 9.86. The van der Waals surface area contributed by atoms with Gasteiger partial charge in [0.2, 0.25) is 0 Å². The fourth-order valence-corrected chi connectivity index (χ4v) is 3.60. The van der Waals surface area contributed by atoms with Crippen molar-refractivity contribution in [1.29, 1.82) is 0 Å². The number of amides is 2. The minimum atomic E-state index is -0.110. The SMILES string of the molecule is CC(c1ccccc1)N(Cc1ccccc1)C(=O)Nc1cccc2ccccc12. The van der Waals surface area contributed by atoms with Crippen molar-refractivity contribution in [2.75, 3.05) is 5.32 Å². The Balaban J connectivity index is 1.65. The van der Waals surface area contributed by atoms with Crippen LogP contribution >= 0.6 is 0 Å². The van der Waals surface area contributed by atoms with Crippen molar-refractivity contribution in [2.24, 2.45) is 0 Å². The molecule has 0 fully saturated rings. The molecule has 0 spiro atoms. The average Bonchev–Trinajstić information content (AvgIpc) is 2.78. The molecule has 3 heteroatoms. The van der Waals surface area contributed by atoms with Crippen molar-refractivity contribution in [3.05, 3.63) is 114 Å². The third-order valence-electron chi connectivity index (χ3n) is 5.24. The van der Waals surface area contributed by atoms with E-state index in [1.807, 2.05) is 71.6 Å². The highest BCUT2D eigenvalue weighted by molar-refractivity contribution is 6.01. The number of nitrogens with zero attached hydrogens (tertiary/aromatic N) is 1. The Morgan fingerprint density at radius 1 is 0.793 bits per heavy atom. The molecule has 0 radical (unpaired) electrons. The lowest BCUT2D eigenvalue weighted by Crippen LogP contribution is -2.36. The fourth-order valence-electron chi connectivity index (χ4n) is 3.60. The molecule has 0 aliphatic carbocycles. The van der Waals surface area contributed by atoms with Gasteiger partial charge in [0.25, 0.3) is 0 Å². The highest BCUT2D eigenvalue weighted by Gasteiger charge is 2.22. The fraction of sp³-hybridized carbons (Fsp3) is 0.115. The molecule has 0 aromatic heterocycles. The number of urea groups is 1. The van der Waals surface area contributed by atoms with E-state index in [4.69, 9.17) is 0 Å². The van der Waals surface area contributed by atoms with Gasteiger partial charge in [0, 0.05) is 11.9 Å². The molecule has 0 aliphatic rings. The summed E-state index contributed by atoms with van der Waals surface area (Å²) in [6, 6.07) is 34.1. The maximum atomic E-state index is 13.4. The van der Waals surface area contributed by atoms with Gasteiger partial charge < -0.3 is 10.2 Å². The molecule has 0 saturated heterocycles. The largest absolute Gasteiger partial charge is 0.322 e. The summed E-state index contributed by atoms with van der Waals surface area (Å²) in [6.07, 6.45) is 0. The average molecular weight is 380 g/mol. The van der Waals surface area contributed by atoms with E-state index in [0.717, 1.165) is 27.6 Å². The quantitative estimate of drug-likeness (QED) is 0.414. The Morgan fingerprint density at radius 2 is 1.41 bits per heavy atom. The summed E-state index contributed by atoms with van der Waals surface area (Å²) in [5.74, 6) is 0. The number of benzene rings is 4. The number of hydrogen-bond donors (Lipinski definition) is 1. The van der Waals surface area contributed by atoms with Gasteiger partial charge in [-0.05, 0) is 29.5 Å². The van der Waals surface area contributed by atoms with Crippen LogP contribution in [0, 0.1) is 0 Å². The molecule has 0 aliphatic heterocycles. The van der Waals surface area contributed by atoms with Crippen LogP contribution in [0.2, 0.25) is 0 Å². The number of carbonyl (C=O) groups is 1. The van der Waals surface area contributed by atoms with Crippen molar-refractivity contribution in [3.8, 4) is 0 Å². The highest BCUT2D eigenvalue weighted by atomic mass is 16.2. The Hall–Kier alpha value is -3.59. The summed E-state index contributed by atoms with van der Waals surface area (Å²) in [4.78, 5) is 15.3. The lowest BCUT2D eigenvalue weighted by Gasteiger charge is -2.30. The molecule has 1 unspecified atom stereocenters. The van der Waals surface area contributed by atoms with Crippen LogP contribution in [0.15, 0.2) is 103 Å². The van der Waals surface area contributed by atoms with E-state index < -0.39 is 0 Å². The van der Waals surface area contributed by atoms with Crippen LogP contribution in [-0.4, -0.2) is 10.9 Å². The second-order valence-electron chi connectivity index (χ2n) is 7.16. The van der Waals surface area contributed by atoms with Gasteiger partial charge in [-0.3, -0.25) is 0 Å². The number of rotatable bonds is 5. The van der Waals surface area contributed by atoms with Crippen molar-refractivity contribution in [3.63, 3.8) is 0 Å². The van der Waals surface area contributed by atoms with Gasteiger partial charge in [-0.25, -0.2) is 4.79 Å². The van der Waals surface area contributed by atoms with Crippen LogP contribution < -0.4 is 5.32 Å². The Morgan fingerprint density at radius 3 is 2.17 bits per heavy atom. The summed E-state index contributed by atoms with van der Waals surface area (Å²) in [5.41, 5.74) is 3.03. The summed E-state index contributed by atoms with van der Waals surface area (Å²) < 4.78 is 0.